The van der Waals surface area contributed by atoms with Crippen molar-refractivity contribution in [1.82, 2.24) is 0 Å². The van der Waals surface area contributed by atoms with Crippen LogP contribution >= 0.6 is 0 Å². The summed E-state index contributed by atoms with van der Waals surface area (Å²) in [6.07, 6.45) is -0.749. The Morgan fingerprint density at radius 1 is 1.00 bits per heavy atom. The van der Waals surface area contributed by atoms with Gasteiger partial charge in [0.15, 0.2) is 6.10 Å². The van der Waals surface area contributed by atoms with Crippen LogP contribution in [0.3, 0.4) is 0 Å². The normalized spacial score (nSPS) is 11.9. The van der Waals surface area contributed by atoms with Gasteiger partial charge in [-0.15, -0.1) is 0 Å². The number of rotatable bonds is 7. The molecule has 4 nitrogen and oxygen atoms in total. The zero-order valence-corrected chi connectivity index (χ0v) is 14.0. The molecule has 3 aromatic rings. The van der Waals surface area contributed by atoms with Crippen molar-refractivity contribution in [3.8, 4) is 11.5 Å². The quantitative estimate of drug-likeness (QED) is 0.698. The molecule has 0 aliphatic carbocycles. The van der Waals surface area contributed by atoms with Crippen molar-refractivity contribution in [2.45, 2.75) is 19.4 Å². The van der Waals surface area contributed by atoms with E-state index in [0.29, 0.717) is 18.1 Å². The Morgan fingerprint density at radius 2 is 1.72 bits per heavy atom. The first kappa shape index (κ1) is 16.8. The van der Waals surface area contributed by atoms with Crippen molar-refractivity contribution in [2.24, 2.45) is 0 Å². The average molecular weight is 336 g/mol. The molecule has 1 atom stereocenters. The summed E-state index contributed by atoms with van der Waals surface area (Å²) in [6, 6.07) is 20.9. The molecule has 128 valence electrons. The van der Waals surface area contributed by atoms with Gasteiger partial charge in [0.1, 0.15) is 11.5 Å². The third-order valence-electron chi connectivity index (χ3n) is 3.95. The molecule has 0 unspecified atom stereocenters. The highest BCUT2D eigenvalue weighted by Gasteiger charge is 2.22. The van der Waals surface area contributed by atoms with Gasteiger partial charge in [0.2, 0.25) is 0 Å². The number of carboxylic acids is 1. The largest absolute Gasteiger partial charge is 0.494 e. The summed E-state index contributed by atoms with van der Waals surface area (Å²) in [5, 5.41) is 11.7. The molecule has 0 saturated carbocycles. The smallest absolute Gasteiger partial charge is 0.345 e. The van der Waals surface area contributed by atoms with Gasteiger partial charge in [0.25, 0.3) is 0 Å². The zero-order chi connectivity index (χ0) is 17.6. The van der Waals surface area contributed by atoms with E-state index in [1.165, 1.54) is 0 Å². The summed E-state index contributed by atoms with van der Waals surface area (Å²) in [5.74, 6) is 0.234. The van der Waals surface area contributed by atoms with Gasteiger partial charge < -0.3 is 14.6 Å². The minimum absolute atomic E-state index is 0.234. The van der Waals surface area contributed by atoms with Gasteiger partial charge >= 0.3 is 5.97 Å². The number of fused-ring (bicyclic) bond motifs is 1. The van der Waals surface area contributed by atoms with Crippen LogP contribution in [0.1, 0.15) is 12.5 Å². The van der Waals surface area contributed by atoms with E-state index in [1.807, 2.05) is 67.6 Å². The summed E-state index contributed by atoms with van der Waals surface area (Å²) >= 11 is 0. The van der Waals surface area contributed by atoms with Gasteiger partial charge in [0.05, 0.1) is 6.61 Å². The summed E-state index contributed by atoms with van der Waals surface area (Å²) in [6.45, 7) is 2.43. The number of para-hydroxylation sites is 1. The summed E-state index contributed by atoms with van der Waals surface area (Å²) in [4.78, 5) is 11.7. The molecule has 0 amide bonds. The van der Waals surface area contributed by atoms with E-state index in [9.17, 15) is 9.90 Å². The maximum absolute atomic E-state index is 11.7. The molecule has 1 N–H and O–H groups in total. The topological polar surface area (TPSA) is 55.8 Å². The molecule has 0 aliphatic rings. The molecule has 0 radical (unpaired) electrons. The predicted molar refractivity (Wildman–Crippen MR) is 97.3 cm³/mol. The van der Waals surface area contributed by atoms with Crippen molar-refractivity contribution in [2.75, 3.05) is 6.61 Å². The molecule has 0 heterocycles. The molecule has 0 spiro atoms. The summed E-state index contributed by atoms with van der Waals surface area (Å²) in [5.41, 5.74) is 0.817. The number of benzene rings is 3. The van der Waals surface area contributed by atoms with E-state index in [4.69, 9.17) is 9.47 Å². The molecule has 0 bridgehead atoms. The SMILES string of the molecule is CCOc1ccccc1C[C@H](Oc1ccc2ccccc2c1)C(=O)O. The maximum Gasteiger partial charge on any atom is 0.345 e. The Labute approximate surface area is 146 Å². The Hall–Kier alpha value is -3.01. The second-order valence-corrected chi connectivity index (χ2v) is 5.70. The lowest BCUT2D eigenvalue weighted by molar-refractivity contribution is -0.145. The molecule has 4 heteroatoms. The lowest BCUT2D eigenvalue weighted by Gasteiger charge is -2.17. The van der Waals surface area contributed by atoms with Crippen molar-refractivity contribution in [3.63, 3.8) is 0 Å². The van der Waals surface area contributed by atoms with Gasteiger partial charge in [-0.05, 0) is 41.5 Å². The highest BCUT2D eigenvalue weighted by molar-refractivity contribution is 5.84. The third-order valence-corrected chi connectivity index (χ3v) is 3.95. The van der Waals surface area contributed by atoms with Crippen LogP contribution in [0.5, 0.6) is 11.5 Å². The lowest BCUT2D eigenvalue weighted by atomic mass is 10.1. The maximum atomic E-state index is 11.7. The van der Waals surface area contributed by atoms with E-state index in [1.54, 1.807) is 6.07 Å². The highest BCUT2D eigenvalue weighted by atomic mass is 16.5. The lowest BCUT2D eigenvalue weighted by Crippen LogP contribution is -2.29. The molecule has 0 saturated heterocycles. The van der Waals surface area contributed by atoms with Crippen LogP contribution in [0, 0.1) is 0 Å². The summed E-state index contributed by atoms with van der Waals surface area (Å²) < 4.78 is 11.3. The van der Waals surface area contributed by atoms with Gasteiger partial charge in [-0.1, -0.05) is 48.5 Å². The van der Waals surface area contributed by atoms with Crippen molar-refractivity contribution >= 4 is 16.7 Å². The first-order valence-corrected chi connectivity index (χ1v) is 8.26. The van der Waals surface area contributed by atoms with Crippen LogP contribution in [0.2, 0.25) is 0 Å². The van der Waals surface area contributed by atoms with Crippen LogP contribution < -0.4 is 9.47 Å². The number of carbonyl (C=O) groups is 1. The van der Waals surface area contributed by atoms with Crippen molar-refractivity contribution < 1.29 is 19.4 Å². The molecule has 25 heavy (non-hydrogen) atoms. The zero-order valence-electron chi connectivity index (χ0n) is 14.0. The van der Waals surface area contributed by atoms with E-state index in [-0.39, 0.29) is 6.42 Å². The number of ether oxygens (including phenoxy) is 2. The highest BCUT2D eigenvalue weighted by Crippen LogP contribution is 2.24. The van der Waals surface area contributed by atoms with Gasteiger partial charge in [-0.25, -0.2) is 4.79 Å². The Bertz CT molecular complexity index is 872. The van der Waals surface area contributed by atoms with Crippen LogP contribution in [0.25, 0.3) is 10.8 Å². The van der Waals surface area contributed by atoms with Gasteiger partial charge in [0, 0.05) is 6.42 Å². The Kier molecular flexibility index (Phi) is 5.19. The van der Waals surface area contributed by atoms with Crippen LogP contribution in [-0.2, 0) is 11.2 Å². The molecule has 3 aromatic carbocycles. The second kappa shape index (κ2) is 7.71. The molecule has 0 fully saturated rings. The Morgan fingerprint density at radius 3 is 2.48 bits per heavy atom. The van der Waals surface area contributed by atoms with Gasteiger partial charge in [-0.3, -0.25) is 0 Å². The van der Waals surface area contributed by atoms with Crippen LogP contribution in [0.4, 0.5) is 0 Å². The summed E-state index contributed by atoms with van der Waals surface area (Å²) in [7, 11) is 0. The van der Waals surface area contributed by atoms with Crippen LogP contribution in [-0.4, -0.2) is 23.8 Å². The van der Waals surface area contributed by atoms with Crippen molar-refractivity contribution in [1.29, 1.82) is 0 Å². The second-order valence-electron chi connectivity index (χ2n) is 5.70. The third kappa shape index (κ3) is 4.10. The monoisotopic (exact) mass is 336 g/mol. The fourth-order valence-corrected chi connectivity index (χ4v) is 2.75. The fraction of sp³-hybridized carbons (Fsp3) is 0.190. The standard InChI is InChI=1S/C21H20O4/c1-2-24-19-10-6-5-9-17(19)14-20(21(22)23)25-18-12-11-15-7-3-4-8-16(15)13-18/h3-13,20H,2,14H2,1H3,(H,22,23)/t20-/m0/s1. The molecular weight excluding hydrogens is 316 g/mol. The number of hydrogen-bond acceptors (Lipinski definition) is 3. The molecule has 0 aromatic heterocycles. The minimum atomic E-state index is -1.00. The van der Waals surface area contributed by atoms with E-state index in [2.05, 4.69) is 0 Å². The van der Waals surface area contributed by atoms with Crippen molar-refractivity contribution in [3.05, 3.63) is 72.3 Å². The molecule has 0 aliphatic heterocycles. The Balaban J connectivity index is 1.82. The predicted octanol–water partition coefficient (Wildman–Crippen LogP) is 4.31. The average Bonchev–Trinajstić information content (AvgIpc) is 2.62. The number of hydrogen-bond donors (Lipinski definition) is 1. The fourth-order valence-electron chi connectivity index (χ4n) is 2.75. The molecular formula is C21H20O4. The van der Waals surface area contributed by atoms with E-state index in [0.717, 1.165) is 16.3 Å². The molecule has 3 rings (SSSR count). The number of carboxylic acid groups (broad SMARTS) is 1. The first-order valence-electron chi connectivity index (χ1n) is 8.26. The minimum Gasteiger partial charge on any atom is -0.494 e. The van der Waals surface area contributed by atoms with E-state index >= 15 is 0 Å². The van der Waals surface area contributed by atoms with E-state index < -0.39 is 12.1 Å². The number of aliphatic carboxylic acids is 1. The first-order chi connectivity index (χ1) is 12.2. The van der Waals surface area contributed by atoms with Gasteiger partial charge in [-0.2, -0.15) is 0 Å². The van der Waals surface area contributed by atoms with Crippen LogP contribution in [0.15, 0.2) is 66.7 Å².